The molecule has 4 aromatic carbocycles. The van der Waals surface area contributed by atoms with Crippen LogP contribution >= 0.6 is 0 Å². The van der Waals surface area contributed by atoms with E-state index in [0.717, 1.165) is 15.2 Å². The molecule has 0 aromatic heterocycles. The molecule has 0 amide bonds. The number of benzene rings is 4. The summed E-state index contributed by atoms with van der Waals surface area (Å²) in [6.45, 7) is 0. The Morgan fingerprint density at radius 1 is 0.229 bits per heavy atom. The Hall–Kier alpha value is -3.92. The van der Waals surface area contributed by atoms with Gasteiger partial charge in [-0.3, -0.25) is 0 Å². The van der Waals surface area contributed by atoms with Crippen molar-refractivity contribution in [2.45, 2.75) is 11.6 Å². The predicted octanol–water partition coefficient (Wildman–Crippen LogP) is 6.63. The van der Waals surface area contributed by atoms with E-state index in [2.05, 4.69) is 11.6 Å². The number of hydrogen-bond donors (Lipinski definition) is 0. The molecule has 0 spiro atoms. The number of halogens is 20. The van der Waals surface area contributed by atoms with Gasteiger partial charge in [-0.05, 0) is 0 Å². The minimum absolute atomic E-state index is 0.750. The fourth-order valence-corrected chi connectivity index (χ4v) is 4.87. The molecular formula is C26H6AlBF20. The normalized spacial score (nSPS) is 11.5. The van der Waals surface area contributed by atoms with Crippen LogP contribution in [0.3, 0.4) is 0 Å². The van der Waals surface area contributed by atoms with Crippen molar-refractivity contribution < 1.29 is 87.8 Å². The molecule has 22 heteroatoms. The summed E-state index contributed by atoms with van der Waals surface area (Å²) in [5.41, 5.74) is -14.3. The second kappa shape index (κ2) is 13.5. The zero-order valence-corrected chi connectivity index (χ0v) is 23.9. The van der Waals surface area contributed by atoms with Gasteiger partial charge in [-0.2, -0.15) is 0 Å². The van der Waals surface area contributed by atoms with Crippen molar-refractivity contribution in [2.75, 3.05) is 0 Å². The van der Waals surface area contributed by atoms with Gasteiger partial charge in [-0.1, -0.05) is 0 Å². The zero-order chi connectivity index (χ0) is 37.1. The molecule has 256 valence electrons. The fraction of sp³-hybridized carbons (Fsp3) is 0.0769. The van der Waals surface area contributed by atoms with Crippen LogP contribution in [0, 0.1) is 116 Å². The average molecular weight is 736 g/mol. The molecule has 0 nitrogen and oxygen atoms in total. The first-order chi connectivity index (χ1) is 22.1. The van der Waals surface area contributed by atoms with Crippen molar-refractivity contribution in [3.63, 3.8) is 0 Å². The molecule has 48 heavy (non-hydrogen) atoms. The van der Waals surface area contributed by atoms with Crippen LogP contribution in [0.2, 0.25) is 11.6 Å². The van der Waals surface area contributed by atoms with Crippen molar-refractivity contribution in [3.05, 3.63) is 116 Å². The predicted molar refractivity (Wildman–Crippen MR) is 127 cm³/mol. The van der Waals surface area contributed by atoms with Crippen LogP contribution in [-0.2, 0) is 0 Å². The van der Waals surface area contributed by atoms with E-state index in [1.54, 1.807) is 0 Å². The van der Waals surface area contributed by atoms with E-state index in [-0.39, 0.29) is 0 Å². The van der Waals surface area contributed by atoms with Crippen LogP contribution in [-0.4, -0.2) is 21.4 Å². The van der Waals surface area contributed by atoms with Crippen LogP contribution < -0.4 is 21.9 Å². The zero-order valence-electron chi connectivity index (χ0n) is 22.7. The Morgan fingerprint density at radius 3 is 0.417 bits per heavy atom. The van der Waals surface area contributed by atoms with Gasteiger partial charge in [-0.25, -0.2) is 87.8 Å². The molecule has 0 aliphatic carbocycles. The molecule has 0 saturated heterocycles. The molecular weight excluding hydrogens is 730 g/mol. The molecule has 4 aromatic rings. The summed E-state index contributed by atoms with van der Waals surface area (Å²) in [6.07, 6.45) is -7.22. The van der Waals surface area contributed by atoms with Crippen molar-refractivity contribution in [2.24, 2.45) is 0 Å². The SMILES string of the molecule is Fc1c(F)c(F)c([B-](c2c(F)c(F)c(F)c(F)c2F)(c2c(F)c(F)c(F)c(F)c2F)c2c(F)c(F)c(F)c(F)c2F)c(F)c1F.[CH3][Al+][CH3]. The van der Waals surface area contributed by atoms with Gasteiger partial charge in [-0.15, -0.1) is 21.9 Å². The van der Waals surface area contributed by atoms with E-state index in [4.69, 9.17) is 0 Å². The van der Waals surface area contributed by atoms with E-state index >= 15 is 35.1 Å². The quantitative estimate of drug-likeness (QED) is 0.0956. The molecule has 0 atom stereocenters. The average Bonchev–Trinajstić information content (AvgIpc) is 3.04. The van der Waals surface area contributed by atoms with Gasteiger partial charge in [0.2, 0.25) is 0 Å². The second-order valence-electron chi connectivity index (χ2n) is 9.38. The van der Waals surface area contributed by atoms with Gasteiger partial charge in [0, 0.05) is 0 Å². The Labute approximate surface area is 259 Å². The number of rotatable bonds is 4. The van der Waals surface area contributed by atoms with Crippen LogP contribution in [0.1, 0.15) is 0 Å². The van der Waals surface area contributed by atoms with E-state index < -0.39 is 144 Å². The van der Waals surface area contributed by atoms with Gasteiger partial charge in [0.1, 0.15) is 52.7 Å². The molecule has 4 rings (SSSR count). The van der Waals surface area contributed by atoms with Crippen molar-refractivity contribution in [3.8, 4) is 0 Å². The van der Waals surface area contributed by atoms with Crippen LogP contribution in [0.4, 0.5) is 87.8 Å². The van der Waals surface area contributed by atoms with Gasteiger partial charge >= 0.3 is 26.8 Å². The molecule has 0 fully saturated rings. The summed E-state index contributed by atoms with van der Waals surface area (Å²) in [5.74, 6) is -67.0. The van der Waals surface area contributed by atoms with Crippen LogP contribution in [0.5, 0.6) is 0 Å². The summed E-state index contributed by atoms with van der Waals surface area (Å²) in [7, 11) is 0. The first-order valence-corrected chi connectivity index (χ1v) is 14.4. The van der Waals surface area contributed by atoms with Crippen molar-refractivity contribution >= 4 is 43.2 Å². The van der Waals surface area contributed by atoms with Gasteiger partial charge in [0.15, 0.2) is 69.8 Å². The maximum absolute atomic E-state index is 15.4. The fourth-order valence-electron chi connectivity index (χ4n) is 4.87. The summed E-state index contributed by atoms with van der Waals surface area (Å²) in [4.78, 5) is 0. The summed E-state index contributed by atoms with van der Waals surface area (Å²) in [6, 6.07) is 0. The Kier molecular flexibility index (Phi) is 10.9. The molecule has 0 heterocycles. The molecule has 0 unspecified atom stereocenters. The Morgan fingerprint density at radius 2 is 0.312 bits per heavy atom. The Bertz CT molecular complexity index is 1590. The third-order valence-corrected chi connectivity index (χ3v) is 6.71. The standard InChI is InChI=1S/C24BF20.2CH3.Al/c26-5-1(6(27)14(35)21(42)13(5)34)25(2-7(28)15(36)22(43)16(37)8(2)29,3-9(30)17(38)23(44)18(39)10(3)31)4-11(32)19(40)24(45)20(41)12(4)33;;;/h;2*1H3;/q-1;;;+1. The first-order valence-electron chi connectivity index (χ1n) is 12.1. The number of hydrogen-bond acceptors (Lipinski definition) is 0. The summed E-state index contributed by atoms with van der Waals surface area (Å²) in [5, 5.41) is 0. The maximum atomic E-state index is 15.4. The molecule has 0 radical (unpaired) electrons. The van der Waals surface area contributed by atoms with Crippen molar-refractivity contribution in [1.29, 1.82) is 0 Å². The minimum atomic E-state index is -7.22. The molecule has 0 aliphatic heterocycles. The monoisotopic (exact) mass is 736 g/mol. The molecule has 0 saturated carbocycles. The van der Waals surface area contributed by atoms with Crippen molar-refractivity contribution in [1.82, 2.24) is 0 Å². The Balaban J connectivity index is 0.00000201. The molecule has 0 aliphatic rings. The topological polar surface area (TPSA) is 0 Å². The summed E-state index contributed by atoms with van der Waals surface area (Å²) >= 11 is 0.750. The third kappa shape index (κ3) is 5.27. The third-order valence-electron chi connectivity index (χ3n) is 6.71. The van der Waals surface area contributed by atoms with Crippen LogP contribution in [0.15, 0.2) is 0 Å². The molecule has 0 bridgehead atoms. The summed E-state index contributed by atoms with van der Waals surface area (Å²) < 4.78 is 294. The van der Waals surface area contributed by atoms with Crippen LogP contribution in [0.25, 0.3) is 0 Å². The van der Waals surface area contributed by atoms with E-state index in [1.807, 2.05) is 0 Å². The van der Waals surface area contributed by atoms with E-state index in [9.17, 15) is 52.7 Å². The van der Waals surface area contributed by atoms with Gasteiger partial charge in [0.05, 0.1) is 0 Å². The van der Waals surface area contributed by atoms with E-state index in [0.29, 0.717) is 0 Å². The van der Waals surface area contributed by atoms with E-state index in [1.165, 1.54) is 0 Å². The first kappa shape index (κ1) is 38.5. The van der Waals surface area contributed by atoms with Gasteiger partial charge in [0.25, 0.3) is 0 Å². The second-order valence-corrected chi connectivity index (χ2v) is 10.5. The molecule has 0 N–H and O–H groups in total. The van der Waals surface area contributed by atoms with Gasteiger partial charge < -0.3 is 0 Å².